The highest BCUT2D eigenvalue weighted by Gasteiger charge is 2.31. The van der Waals surface area contributed by atoms with E-state index in [-0.39, 0.29) is 18.2 Å². The van der Waals surface area contributed by atoms with Crippen LogP contribution in [-0.2, 0) is 17.8 Å². The number of imide groups is 1. The summed E-state index contributed by atoms with van der Waals surface area (Å²) in [4.78, 5) is 26.0. The number of benzene rings is 2. The minimum absolute atomic E-state index is 0.206. The molecular weight excluding hydrogens is 252 g/mol. The number of nitrogens with two attached hydrogens (primary N) is 1. The summed E-state index contributed by atoms with van der Waals surface area (Å²) in [6, 6.07) is 14.4. The van der Waals surface area contributed by atoms with E-state index in [4.69, 9.17) is 5.73 Å². The zero-order chi connectivity index (χ0) is 14.1. The maximum atomic E-state index is 12.5. The van der Waals surface area contributed by atoms with Crippen molar-refractivity contribution in [3.8, 4) is 0 Å². The standard InChI is InChI=1S/C16H14N2O2/c17-10-11-4-3-6-13(8-11)18-15(19)9-12-5-1-2-7-14(12)16(18)20/h1-8H,9-10,17H2. The third-order valence-corrected chi connectivity index (χ3v) is 3.45. The first-order valence-electron chi connectivity index (χ1n) is 6.45. The molecule has 20 heavy (non-hydrogen) atoms. The zero-order valence-corrected chi connectivity index (χ0v) is 10.9. The van der Waals surface area contributed by atoms with Gasteiger partial charge in [0.15, 0.2) is 0 Å². The van der Waals surface area contributed by atoms with Gasteiger partial charge in [-0.3, -0.25) is 9.59 Å². The number of amides is 2. The van der Waals surface area contributed by atoms with Gasteiger partial charge in [-0.1, -0.05) is 30.3 Å². The van der Waals surface area contributed by atoms with Crippen molar-refractivity contribution >= 4 is 17.5 Å². The van der Waals surface area contributed by atoms with Crippen LogP contribution in [0.15, 0.2) is 48.5 Å². The van der Waals surface area contributed by atoms with Gasteiger partial charge in [-0.2, -0.15) is 0 Å². The lowest BCUT2D eigenvalue weighted by molar-refractivity contribution is -0.117. The molecule has 2 aromatic carbocycles. The van der Waals surface area contributed by atoms with Gasteiger partial charge in [0.05, 0.1) is 12.1 Å². The van der Waals surface area contributed by atoms with Crippen LogP contribution in [0.2, 0.25) is 0 Å². The minimum atomic E-state index is -0.272. The van der Waals surface area contributed by atoms with Crippen LogP contribution < -0.4 is 10.6 Å². The van der Waals surface area contributed by atoms with Crippen molar-refractivity contribution in [2.24, 2.45) is 5.73 Å². The van der Waals surface area contributed by atoms with Gasteiger partial charge in [0, 0.05) is 12.1 Å². The second-order valence-electron chi connectivity index (χ2n) is 4.74. The van der Waals surface area contributed by atoms with Crippen molar-refractivity contribution in [3.05, 3.63) is 65.2 Å². The van der Waals surface area contributed by atoms with Crippen LogP contribution in [-0.4, -0.2) is 11.8 Å². The van der Waals surface area contributed by atoms with E-state index in [2.05, 4.69) is 0 Å². The van der Waals surface area contributed by atoms with Crippen molar-refractivity contribution < 1.29 is 9.59 Å². The number of carbonyl (C=O) groups excluding carboxylic acids is 2. The molecule has 1 heterocycles. The fourth-order valence-electron chi connectivity index (χ4n) is 2.44. The summed E-state index contributed by atoms with van der Waals surface area (Å²) in [7, 11) is 0. The monoisotopic (exact) mass is 266 g/mol. The first-order valence-corrected chi connectivity index (χ1v) is 6.45. The second-order valence-corrected chi connectivity index (χ2v) is 4.74. The van der Waals surface area contributed by atoms with Gasteiger partial charge >= 0.3 is 0 Å². The summed E-state index contributed by atoms with van der Waals surface area (Å²) in [5.41, 5.74) is 8.45. The smallest absolute Gasteiger partial charge is 0.265 e. The molecule has 0 saturated carbocycles. The van der Waals surface area contributed by atoms with Gasteiger partial charge in [-0.15, -0.1) is 0 Å². The Morgan fingerprint density at radius 2 is 1.85 bits per heavy atom. The van der Waals surface area contributed by atoms with E-state index in [1.807, 2.05) is 18.2 Å². The SMILES string of the molecule is NCc1cccc(N2C(=O)Cc3ccccc3C2=O)c1. The second kappa shape index (κ2) is 4.90. The highest BCUT2D eigenvalue weighted by atomic mass is 16.2. The van der Waals surface area contributed by atoms with Crippen LogP contribution in [0.25, 0.3) is 0 Å². The lowest BCUT2D eigenvalue weighted by Crippen LogP contribution is -2.42. The molecule has 1 aliphatic heterocycles. The first-order chi connectivity index (χ1) is 9.70. The molecule has 0 atom stereocenters. The van der Waals surface area contributed by atoms with Crippen LogP contribution in [0.1, 0.15) is 21.5 Å². The number of nitrogens with zero attached hydrogens (tertiary/aromatic N) is 1. The van der Waals surface area contributed by atoms with Crippen LogP contribution in [0.5, 0.6) is 0 Å². The summed E-state index contributed by atoms with van der Waals surface area (Å²) >= 11 is 0. The molecule has 0 radical (unpaired) electrons. The molecule has 2 aromatic rings. The molecule has 2 N–H and O–H groups in total. The molecule has 0 bridgehead atoms. The molecule has 0 fully saturated rings. The van der Waals surface area contributed by atoms with Crippen molar-refractivity contribution in [1.29, 1.82) is 0 Å². The van der Waals surface area contributed by atoms with Gasteiger partial charge in [-0.25, -0.2) is 4.90 Å². The molecular formula is C16H14N2O2. The molecule has 0 aliphatic carbocycles. The Morgan fingerprint density at radius 3 is 2.65 bits per heavy atom. The molecule has 100 valence electrons. The Hall–Kier alpha value is -2.46. The Labute approximate surface area is 116 Å². The minimum Gasteiger partial charge on any atom is -0.326 e. The Bertz CT molecular complexity index is 694. The Morgan fingerprint density at radius 1 is 1.05 bits per heavy atom. The van der Waals surface area contributed by atoms with E-state index in [1.54, 1.807) is 30.3 Å². The van der Waals surface area contributed by atoms with E-state index >= 15 is 0 Å². The average Bonchev–Trinajstić information content (AvgIpc) is 2.47. The van der Waals surface area contributed by atoms with Crippen LogP contribution in [0.4, 0.5) is 5.69 Å². The third kappa shape index (κ3) is 2.00. The maximum Gasteiger partial charge on any atom is 0.265 e. The molecule has 0 saturated heterocycles. The zero-order valence-electron chi connectivity index (χ0n) is 10.9. The maximum absolute atomic E-state index is 12.5. The fourth-order valence-corrected chi connectivity index (χ4v) is 2.44. The molecule has 0 aromatic heterocycles. The van der Waals surface area contributed by atoms with Gasteiger partial charge in [0.2, 0.25) is 5.91 Å². The van der Waals surface area contributed by atoms with Crippen molar-refractivity contribution in [3.63, 3.8) is 0 Å². The lowest BCUT2D eigenvalue weighted by atomic mass is 9.98. The third-order valence-electron chi connectivity index (χ3n) is 3.45. The Kier molecular flexibility index (Phi) is 3.08. The van der Waals surface area contributed by atoms with Gasteiger partial charge in [0.1, 0.15) is 0 Å². The molecule has 0 unspecified atom stereocenters. The summed E-state index contributed by atoms with van der Waals surface area (Å²) in [6.07, 6.45) is 0.245. The number of hydrogen-bond acceptors (Lipinski definition) is 3. The molecule has 4 nitrogen and oxygen atoms in total. The average molecular weight is 266 g/mol. The van der Waals surface area contributed by atoms with Gasteiger partial charge in [-0.05, 0) is 29.3 Å². The highest BCUT2D eigenvalue weighted by Crippen LogP contribution is 2.25. The van der Waals surface area contributed by atoms with Crippen LogP contribution in [0, 0.1) is 0 Å². The Balaban J connectivity index is 2.06. The van der Waals surface area contributed by atoms with Crippen molar-refractivity contribution in [2.75, 3.05) is 4.90 Å². The molecule has 3 rings (SSSR count). The summed E-state index contributed by atoms with van der Waals surface area (Å²) in [5.74, 6) is -0.478. The van der Waals surface area contributed by atoms with E-state index in [0.717, 1.165) is 11.1 Å². The predicted molar refractivity (Wildman–Crippen MR) is 76.3 cm³/mol. The van der Waals surface area contributed by atoms with E-state index in [0.29, 0.717) is 17.8 Å². The van der Waals surface area contributed by atoms with Crippen LogP contribution >= 0.6 is 0 Å². The largest absolute Gasteiger partial charge is 0.326 e. The summed E-state index contributed by atoms with van der Waals surface area (Å²) < 4.78 is 0. The van der Waals surface area contributed by atoms with Crippen molar-refractivity contribution in [1.82, 2.24) is 0 Å². The quantitative estimate of drug-likeness (QED) is 0.844. The predicted octanol–water partition coefficient (Wildman–Crippen LogP) is 1.87. The summed E-state index contributed by atoms with van der Waals surface area (Å²) in [5, 5.41) is 0. The fraction of sp³-hybridized carbons (Fsp3) is 0.125. The first kappa shape index (κ1) is 12.6. The van der Waals surface area contributed by atoms with Gasteiger partial charge in [0.25, 0.3) is 5.91 Å². The lowest BCUT2D eigenvalue weighted by Gasteiger charge is -2.27. The van der Waals surface area contributed by atoms with Gasteiger partial charge < -0.3 is 5.73 Å². The van der Waals surface area contributed by atoms with E-state index in [1.165, 1.54) is 4.90 Å². The normalized spacial score (nSPS) is 14.3. The number of rotatable bonds is 2. The topological polar surface area (TPSA) is 63.4 Å². The summed E-state index contributed by atoms with van der Waals surface area (Å²) in [6.45, 7) is 0.376. The number of carbonyl (C=O) groups is 2. The molecule has 0 spiro atoms. The molecule has 2 amide bonds. The van der Waals surface area contributed by atoms with E-state index in [9.17, 15) is 9.59 Å². The number of anilines is 1. The molecule has 1 aliphatic rings. The number of fused-ring (bicyclic) bond motifs is 1. The van der Waals surface area contributed by atoms with Crippen LogP contribution in [0.3, 0.4) is 0 Å². The highest BCUT2D eigenvalue weighted by molar-refractivity contribution is 6.24. The van der Waals surface area contributed by atoms with Crippen molar-refractivity contribution in [2.45, 2.75) is 13.0 Å². The van der Waals surface area contributed by atoms with E-state index < -0.39 is 0 Å². The number of hydrogen-bond donors (Lipinski definition) is 1. The molecule has 4 heteroatoms.